The van der Waals surface area contributed by atoms with Crippen LogP contribution >= 0.6 is 0 Å². The first kappa shape index (κ1) is 12.9. The molecule has 0 spiro atoms. The molecular formula is C14H15N3O2S. The van der Waals surface area contributed by atoms with Crippen molar-refractivity contribution < 1.29 is 8.42 Å². The lowest BCUT2D eigenvalue weighted by Gasteiger charge is -2.25. The van der Waals surface area contributed by atoms with Crippen molar-refractivity contribution in [1.29, 1.82) is 0 Å². The van der Waals surface area contributed by atoms with Gasteiger partial charge in [0.2, 0.25) is 0 Å². The van der Waals surface area contributed by atoms with E-state index in [9.17, 15) is 8.42 Å². The van der Waals surface area contributed by atoms with Crippen LogP contribution in [0.4, 0.5) is 0 Å². The van der Waals surface area contributed by atoms with Crippen LogP contribution in [0.3, 0.4) is 0 Å². The molecule has 0 aromatic heterocycles. The molecule has 2 aliphatic rings. The maximum Gasteiger partial charge on any atom is 0.344 e. The molecule has 20 heavy (non-hydrogen) atoms. The van der Waals surface area contributed by atoms with E-state index in [-0.39, 0.29) is 5.84 Å². The maximum atomic E-state index is 11.5. The van der Waals surface area contributed by atoms with Crippen LogP contribution in [0.1, 0.15) is 18.4 Å². The SMILES string of the molecule is NC1=NS(=O)(=O)NC2=CCCC(Cc3ccccc3)=C21. The van der Waals surface area contributed by atoms with Gasteiger partial charge in [0.1, 0.15) is 5.84 Å². The van der Waals surface area contributed by atoms with Crippen LogP contribution in [-0.4, -0.2) is 14.3 Å². The molecular weight excluding hydrogens is 274 g/mol. The quantitative estimate of drug-likeness (QED) is 0.863. The zero-order chi connectivity index (χ0) is 14.2. The highest BCUT2D eigenvalue weighted by molar-refractivity contribution is 7.88. The highest BCUT2D eigenvalue weighted by atomic mass is 32.2. The third-order valence-corrected chi connectivity index (χ3v) is 4.31. The minimum Gasteiger partial charge on any atom is -0.382 e. The highest BCUT2D eigenvalue weighted by Crippen LogP contribution is 2.29. The molecule has 0 unspecified atom stereocenters. The molecule has 0 radical (unpaired) electrons. The summed E-state index contributed by atoms with van der Waals surface area (Å²) in [5, 5.41) is 0. The summed E-state index contributed by atoms with van der Waals surface area (Å²) in [6, 6.07) is 10.0. The van der Waals surface area contributed by atoms with Crippen molar-refractivity contribution in [2.45, 2.75) is 19.3 Å². The summed E-state index contributed by atoms with van der Waals surface area (Å²) in [6.07, 6.45) is 4.29. The zero-order valence-electron chi connectivity index (χ0n) is 10.8. The van der Waals surface area contributed by atoms with Crippen LogP contribution < -0.4 is 10.5 Å². The molecule has 1 aliphatic heterocycles. The van der Waals surface area contributed by atoms with Crippen LogP contribution in [0.5, 0.6) is 0 Å². The minimum atomic E-state index is -3.69. The Bertz CT molecular complexity index is 731. The van der Waals surface area contributed by atoms with Gasteiger partial charge in [-0.2, -0.15) is 8.42 Å². The summed E-state index contributed by atoms with van der Waals surface area (Å²) in [5.41, 5.74) is 9.45. The molecule has 0 fully saturated rings. The van der Waals surface area contributed by atoms with Gasteiger partial charge in [0.05, 0.1) is 5.70 Å². The summed E-state index contributed by atoms with van der Waals surface area (Å²) >= 11 is 0. The number of hydrogen-bond donors (Lipinski definition) is 2. The van der Waals surface area contributed by atoms with E-state index in [2.05, 4.69) is 9.12 Å². The molecule has 0 saturated heterocycles. The predicted molar refractivity (Wildman–Crippen MR) is 78.2 cm³/mol. The first-order valence-corrected chi connectivity index (χ1v) is 7.84. The van der Waals surface area contributed by atoms with E-state index in [1.165, 1.54) is 5.56 Å². The molecule has 0 amide bonds. The number of nitrogens with zero attached hydrogens (tertiary/aromatic N) is 1. The third-order valence-electron chi connectivity index (χ3n) is 3.39. The van der Waals surface area contributed by atoms with Crippen molar-refractivity contribution >= 4 is 16.0 Å². The van der Waals surface area contributed by atoms with Crippen LogP contribution in [0.25, 0.3) is 0 Å². The van der Waals surface area contributed by atoms with Crippen LogP contribution in [-0.2, 0) is 16.6 Å². The standard InChI is InChI=1S/C14H15N3O2S/c15-14-13-11(9-10-5-2-1-3-6-10)7-4-8-12(13)16-20(18,19)17-14/h1-3,5-6,8,16H,4,7,9H2,(H2,15,17). The fourth-order valence-electron chi connectivity index (χ4n) is 2.58. The zero-order valence-corrected chi connectivity index (χ0v) is 11.7. The Morgan fingerprint density at radius 2 is 2.00 bits per heavy atom. The second-order valence-corrected chi connectivity index (χ2v) is 6.19. The number of amidine groups is 1. The predicted octanol–water partition coefficient (Wildman–Crippen LogP) is 1.41. The molecule has 1 aliphatic carbocycles. The number of allylic oxidation sites excluding steroid dienone is 2. The average Bonchev–Trinajstić information content (AvgIpc) is 2.38. The topological polar surface area (TPSA) is 84.5 Å². The monoisotopic (exact) mass is 289 g/mol. The molecule has 1 aromatic carbocycles. The number of fused-ring (bicyclic) bond motifs is 1. The molecule has 0 atom stereocenters. The van der Waals surface area contributed by atoms with Gasteiger partial charge in [-0.15, -0.1) is 4.40 Å². The van der Waals surface area contributed by atoms with E-state index in [4.69, 9.17) is 5.73 Å². The molecule has 5 nitrogen and oxygen atoms in total. The van der Waals surface area contributed by atoms with Gasteiger partial charge in [-0.3, -0.25) is 4.72 Å². The fourth-order valence-corrected chi connectivity index (χ4v) is 3.44. The first-order chi connectivity index (χ1) is 9.55. The lowest BCUT2D eigenvalue weighted by atomic mass is 9.90. The summed E-state index contributed by atoms with van der Waals surface area (Å²) in [4.78, 5) is 0. The summed E-state index contributed by atoms with van der Waals surface area (Å²) < 4.78 is 29.1. The van der Waals surface area contributed by atoms with Gasteiger partial charge in [-0.1, -0.05) is 42.0 Å². The first-order valence-electron chi connectivity index (χ1n) is 6.40. The fraction of sp³-hybridized carbons (Fsp3) is 0.214. The average molecular weight is 289 g/mol. The van der Waals surface area contributed by atoms with Crippen LogP contribution in [0.15, 0.2) is 57.6 Å². The van der Waals surface area contributed by atoms with Crippen molar-refractivity contribution in [3.05, 3.63) is 58.8 Å². The van der Waals surface area contributed by atoms with E-state index < -0.39 is 10.2 Å². The lowest BCUT2D eigenvalue weighted by molar-refractivity contribution is 0.589. The molecule has 0 bridgehead atoms. The minimum absolute atomic E-state index is 0.0839. The second kappa shape index (κ2) is 4.79. The number of nitrogens with two attached hydrogens (primary N) is 1. The van der Waals surface area contributed by atoms with Gasteiger partial charge >= 0.3 is 10.2 Å². The molecule has 3 rings (SSSR count). The normalized spacial score (nSPS) is 20.6. The Hall–Kier alpha value is -2.08. The van der Waals surface area contributed by atoms with E-state index in [1.807, 2.05) is 36.4 Å². The summed E-state index contributed by atoms with van der Waals surface area (Å²) in [7, 11) is -3.69. The van der Waals surface area contributed by atoms with Gasteiger partial charge in [0.15, 0.2) is 0 Å². The van der Waals surface area contributed by atoms with Crippen LogP contribution in [0.2, 0.25) is 0 Å². The summed E-state index contributed by atoms with van der Waals surface area (Å²) in [5.74, 6) is 0.0839. The Balaban J connectivity index is 2.04. The van der Waals surface area contributed by atoms with Crippen molar-refractivity contribution in [3.8, 4) is 0 Å². The van der Waals surface area contributed by atoms with Crippen molar-refractivity contribution in [1.82, 2.24) is 4.72 Å². The van der Waals surface area contributed by atoms with E-state index in [0.717, 1.165) is 30.4 Å². The Labute approximate surface area is 118 Å². The number of rotatable bonds is 2. The maximum absolute atomic E-state index is 11.5. The Morgan fingerprint density at radius 3 is 2.75 bits per heavy atom. The molecule has 1 aromatic rings. The van der Waals surface area contributed by atoms with Crippen molar-refractivity contribution in [2.75, 3.05) is 0 Å². The molecule has 0 saturated carbocycles. The van der Waals surface area contributed by atoms with Crippen LogP contribution in [0, 0.1) is 0 Å². The molecule has 104 valence electrons. The molecule has 1 heterocycles. The van der Waals surface area contributed by atoms with E-state index >= 15 is 0 Å². The third kappa shape index (κ3) is 2.46. The summed E-state index contributed by atoms with van der Waals surface area (Å²) in [6.45, 7) is 0. The van der Waals surface area contributed by atoms with Crippen molar-refractivity contribution in [2.24, 2.45) is 10.1 Å². The number of nitrogens with one attached hydrogen (secondary N) is 1. The number of benzene rings is 1. The molecule has 6 heteroatoms. The van der Waals surface area contributed by atoms with Gasteiger partial charge in [-0.05, 0) is 24.8 Å². The Kier molecular flexibility index (Phi) is 3.10. The van der Waals surface area contributed by atoms with Crippen molar-refractivity contribution in [3.63, 3.8) is 0 Å². The van der Waals surface area contributed by atoms with Gasteiger partial charge in [0.25, 0.3) is 0 Å². The largest absolute Gasteiger partial charge is 0.382 e. The van der Waals surface area contributed by atoms with Gasteiger partial charge in [0, 0.05) is 5.57 Å². The van der Waals surface area contributed by atoms with E-state index in [1.54, 1.807) is 0 Å². The molecule has 3 N–H and O–H groups in total. The number of hydrogen-bond acceptors (Lipinski definition) is 3. The lowest BCUT2D eigenvalue weighted by Crippen LogP contribution is -2.36. The Morgan fingerprint density at radius 1 is 1.25 bits per heavy atom. The van der Waals surface area contributed by atoms with E-state index in [0.29, 0.717) is 5.70 Å². The smallest absolute Gasteiger partial charge is 0.344 e. The van der Waals surface area contributed by atoms with Gasteiger partial charge in [-0.25, -0.2) is 0 Å². The highest BCUT2D eigenvalue weighted by Gasteiger charge is 2.28. The van der Waals surface area contributed by atoms with Gasteiger partial charge < -0.3 is 5.73 Å². The second-order valence-electron chi connectivity index (χ2n) is 4.85.